The van der Waals surface area contributed by atoms with Crippen molar-refractivity contribution in [3.63, 3.8) is 0 Å². The van der Waals surface area contributed by atoms with E-state index in [2.05, 4.69) is 18.7 Å². The average Bonchev–Trinajstić information content (AvgIpc) is 2.37. The van der Waals surface area contributed by atoms with E-state index in [9.17, 15) is 4.79 Å². The molecule has 1 aliphatic heterocycles. The summed E-state index contributed by atoms with van der Waals surface area (Å²) in [5, 5.41) is 0.991. The Bertz CT molecular complexity index is 503. The number of likely N-dealkylation sites (tertiary alicyclic amines) is 1. The van der Waals surface area contributed by atoms with Gasteiger partial charge >= 0.3 is 0 Å². The van der Waals surface area contributed by atoms with Crippen molar-refractivity contribution < 1.29 is 4.79 Å². The molecule has 20 heavy (non-hydrogen) atoms. The molecule has 2 nitrogen and oxygen atoms in total. The molecular formula is C16H21Cl2NO. The van der Waals surface area contributed by atoms with Crippen molar-refractivity contribution in [1.29, 1.82) is 0 Å². The minimum absolute atomic E-state index is 0.0753. The molecule has 1 aliphatic rings. The van der Waals surface area contributed by atoms with Crippen molar-refractivity contribution in [2.24, 2.45) is 5.41 Å². The first-order valence-electron chi connectivity index (χ1n) is 7.03. The summed E-state index contributed by atoms with van der Waals surface area (Å²) in [6.45, 7) is 8.46. The van der Waals surface area contributed by atoms with Crippen molar-refractivity contribution in [1.82, 2.24) is 4.90 Å². The van der Waals surface area contributed by atoms with Crippen LogP contribution in [0.3, 0.4) is 0 Å². The molecule has 0 saturated carbocycles. The van der Waals surface area contributed by atoms with Crippen LogP contribution in [0.2, 0.25) is 10.0 Å². The Kier molecular flexibility index (Phi) is 4.78. The van der Waals surface area contributed by atoms with Crippen LogP contribution in [0.25, 0.3) is 0 Å². The predicted octanol–water partition coefficient (Wildman–Crippen LogP) is 4.69. The summed E-state index contributed by atoms with van der Waals surface area (Å²) >= 11 is 12.0. The number of piperidine rings is 1. The molecule has 110 valence electrons. The summed E-state index contributed by atoms with van der Waals surface area (Å²) in [5.74, 6) is 0.0753. The van der Waals surface area contributed by atoms with E-state index in [-0.39, 0.29) is 11.8 Å². The van der Waals surface area contributed by atoms with Gasteiger partial charge in [-0.3, -0.25) is 9.69 Å². The summed E-state index contributed by atoms with van der Waals surface area (Å²) in [6.07, 6.45) is 2.25. The van der Waals surface area contributed by atoms with Crippen LogP contribution in [0.15, 0.2) is 18.2 Å². The number of halogens is 2. The molecule has 0 bridgehead atoms. The largest absolute Gasteiger partial charge is 0.293 e. The van der Waals surface area contributed by atoms with Crippen molar-refractivity contribution >= 4 is 29.0 Å². The smallest absolute Gasteiger partial charge is 0.181 e. The monoisotopic (exact) mass is 313 g/mol. The van der Waals surface area contributed by atoms with E-state index in [4.69, 9.17) is 23.2 Å². The fourth-order valence-corrected chi connectivity index (χ4v) is 3.10. The highest BCUT2D eigenvalue weighted by Gasteiger charge is 2.31. The minimum atomic E-state index is -0.134. The molecule has 1 aromatic rings. The predicted molar refractivity (Wildman–Crippen MR) is 84.8 cm³/mol. The first-order chi connectivity index (χ1) is 9.30. The van der Waals surface area contributed by atoms with E-state index in [1.54, 1.807) is 18.2 Å². The molecule has 1 atom stereocenters. The fourth-order valence-electron chi connectivity index (χ4n) is 2.60. The molecule has 0 radical (unpaired) electrons. The Morgan fingerprint density at radius 3 is 2.40 bits per heavy atom. The van der Waals surface area contributed by atoms with Gasteiger partial charge in [-0.15, -0.1) is 0 Å². The van der Waals surface area contributed by atoms with Gasteiger partial charge in [0.05, 0.1) is 11.1 Å². The number of Topliss-reactive ketones (excluding diaryl/α,β-unsaturated/α-hetero) is 1. The van der Waals surface area contributed by atoms with Gasteiger partial charge in [-0.05, 0) is 56.5 Å². The van der Waals surface area contributed by atoms with Gasteiger partial charge in [0.15, 0.2) is 5.78 Å². The van der Waals surface area contributed by atoms with Gasteiger partial charge in [-0.25, -0.2) is 0 Å². The molecule has 4 heteroatoms. The maximum atomic E-state index is 12.6. The first kappa shape index (κ1) is 15.8. The third-order valence-electron chi connectivity index (χ3n) is 4.28. The van der Waals surface area contributed by atoms with Gasteiger partial charge in [0.2, 0.25) is 0 Å². The molecule has 0 aliphatic carbocycles. The van der Waals surface area contributed by atoms with E-state index in [0.717, 1.165) is 25.9 Å². The van der Waals surface area contributed by atoms with Gasteiger partial charge in [0, 0.05) is 10.6 Å². The maximum absolute atomic E-state index is 12.6. The summed E-state index contributed by atoms with van der Waals surface area (Å²) in [6, 6.07) is 4.93. The molecule has 0 amide bonds. The van der Waals surface area contributed by atoms with Crippen molar-refractivity contribution in [3.05, 3.63) is 33.8 Å². The lowest BCUT2D eigenvalue weighted by atomic mass is 9.82. The molecule has 1 heterocycles. The molecule has 1 aromatic carbocycles. The van der Waals surface area contributed by atoms with Crippen LogP contribution in [0.4, 0.5) is 0 Å². The number of rotatable bonds is 3. The highest BCUT2D eigenvalue weighted by Crippen LogP contribution is 2.31. The van der Waals surface area contributed by atoms with Crippen molar-refractivity contribution in [3.8, 4) is 0 Å². The van der Waals surface area contributed by atoms with Gasteiger partial charge in [0.25, 0.3) is 0 Å². The SMILES string of the molecule is CC(C(=O)c1ccc(Cl)cc1Cl)N1CCC(C)(C)CC1. The highest BCUT2D eigenvalue weighted by atomic mass is 35.5. The number of carbonyl (C=O) groups is 1. The second-order valence-corrected chi connectivity index (χ2v) is 7.21. The average molecular weight is 314 g/mol. The lowest BCUT2D eigenvalue weighted by Crippen LogP contribution is -2.45. The molecule has 2 rings (SSSR count). The third-order valence-corrected chi connectivity index (χ3v) is 4.82. The molecule has 0 spiro atoms. The number of nitrogens with zero attached hydrogens (tertiary/aromatic N) is 1. The normalized spacial score (nSPS) is 20.6. The van der Waals surface area contributed by atoms with Crippen LogP contribution < -0.4 is 0 Å². The van der Waals surface area contributed by atoms with Gasteiger partial charge in [0.1, 0.15) is 0 Å². The Morgan fingerprint density at radius 1 is 1.25 bits per heavy atom. The molecule has 0 aromatic heterocycles. The van der Waals surface area contributed by atoms with E-state index >= 15 is 0 Å². The molecule has 1 fully saturated rings. The lowest BCUT2D eigenvalue weighted by molar-refractivity contribution is 0.0687. The molecule has 1 unspecified atom stereocenters. The Labute approximate surface area is 131 Å². The summed E-state index contributed by atoms with van der Waals surface area (Å²) in [5.41, 5.74) is 0.949. The van der Waals surface area contributed by atoms with E-state index in [0.29, 0.717) is 21.0 Å². The fraction of sp³-hybridized carbons (Fsp3) is 0.562. The number of carbonyl (C=O) groups excluding carboxylic acids is 1. The van der Waals surface area contributed by atoms with Crippen LogP contribution in [0.5, 0.6) is 0 Å². The summed E-state index contributed by atoms with van der Waals surface area (Å²) < 4.78 is 0. The van der Waals surface area contributed by atoms with Gasteiger partial charge < -0.3 is 0 Å². The maximum Gasteiger partial charge on any atom is 0.181 e. The minimum Gasteiger partial charge on any atom is -0.293 e. The van der Waals surface area contributed by atoms with Crippen LogP contribution in [0, 0.1) is 5.41 Å². The zero-order valence-corrected chi connectivity index (χ0v) is 13.8. The first-order valence-corrected chi connectivity index (χ1v) is 7.79. The summed E-state index contributed by atoms with van der Waals surface area (Å²) in [7, 11) is 0. The number of hydrogen-bond acceptors (Lipinski definition) is 2. The van der Waals surface area contributed by atoms with Crippen LogP contribution in [-0.4, -0.2) is 29.8 Å². The zero-order chi connectivity index (χ0) is 14.9. The number of benzene rings is 1. The van der Waals surface area contributed by atoms with Gasteiger partial charge in [-0.1, -0.05) is 37.0 Å². The topological polar surface area (TPSA) is 20.3 Å². The van der Waals surface area contributed by atoms with Crippen LogP contribution in [0.1, 0.15) is 44.0 Å². The summed E-state index contributed by atoms with van der Waals surface area (Å²) in [4.78, 5) is 14.8. The number of hydrogen-bond donors (Lipinski definition) is 0. The zero-order valence-electron chi connectivity index (χ0n) is 12.2. The third kappa shape index (κ3) is 3.55. The quantitative estimate of drug-likeness (QED) is 0.755. The standard InChI is InChI=1S/C16H21Cl2NO/c1-11(19-8-6-16(2,3)7-9-19)15(20)13-5-4-12(17)10-14(13)18/h4-5,10-11H,6-9H2,1-3H3. The lowest BCUT2D eigenvalue weighted by Gasteiger charge is -2.39. The Morgan fingerprint density at radius 2 is 1.85 bits per heavy atom. The Balaban J connectivity index is 2.09. The van der Waals surface area contributed by atoms with E-state index < -0.39 is 0 Å². The van der Waals surface area contributed by atoms with Crippen molar-refractivity contribution in [2.45, 2.75) is 39.7 Å². The second-order valence-electron chi connectivity index (χ2n) is 6.36. The van der Waals surface area contributed by atoms with E-state index in [1.165, 1.54) is 0 Å². The molecular weight excluding hydrogens is 293 g/mol. The van der Waals surface area contributed by atoms with E-state index in [1.807, 2.05) is 6.92 Å². The Hall–Kier alpha value is -0.570. The van der Waals surface area contributed by atoms with Gasteiger partial charge in [-0.2, -0.15) is 0 Å². The second kappa shape index (κ2) is 6.05. The van der Waals surface area contributed by atoms with Crippen LogP contribution >= 0.6 is 23.2 Å². The van der Waals surface area contributed by atoms with Crippen molar-refractivity contribution in [2.75, 3.05) is 13.1 Å². The molecule has 1 saturated heterocycles. The van der Waals surface area contributed by atoms with Crippen LogP contribution in [-0.2, 0) is 0 Å². The highest BCUT2D eigenvalue weighted by molar-refractivity contribution is 6.37. The number of ketones is 1. The molecule has 0 N–H and O–H groups in total.